The third kappa shape index (κ3) is 5.76. The maximum Gasteiger partial charge on any atom is 0.265 e. The molecule has 37 heavy (non-hydrogen) atoms. The van der Waals surface area contributed by atoms with E-state index in [0.29, 0.717) is 17.2 Å². The lowest BCUT2D eigenvalue weighted by Gasteiger charge is -2.34. The van der Waals surface area contributed by atoms with E-state index in [1.54, 1.807) is 24.5 Å². The average molecular weight is 532 g/mol. The first-order valence-corrected chi connectivity index (χ1v) is 12.8. The predicted molar refractivity (Wildman–Crippen MR) is 126 cm³/mol. The predicted octanol–water partition coefficient (Wildman–Crippen LogP) is 0.698. The summed E-state index contributed by atoms with van der Waals surface area (Å²) in [7, 11) is -4.12. The molecule has 0 radical (unpaired) electrons. The number of sulfone groups is 1. The van der Waals surface area contributed by atoms with Gasteiger partial charge in [-0.25, -0.2) is 13.9 Å². The Morgan fingerprint density at radius 1 is 1.05 bits per heavy atom. The number of nitrogens with one attached hydrogen (secondary N) is 2. The fourth-order valence-electron chi connectivity index (χ4n) is 3.86. The maximum atomic E-state index is 13.3. The minimum Gasteiger partial charge on any atom is -0.492 e. The van der Waals surface area contributed by atoms with E-state index in [-0.39, 0.29) is 62.3 Å². The van der Waals surface area contributed by atoms with Gasteiger partial charge in [-0.15, -0.1) is 10.2 Å². The Balaban J connectivity index is 1.27. The molecule has 1 aliphatic rings. The first-order valence-electron chi connectivity index (χ1n) is 11.3. The highest BCUT2D eigenvalue weighted by atomic mass is 32.2. The Hall–Kier alpha value is -3.88. The van der Waals surface area contributed by atoms with Gasteiger partial charge in [-0.2, -0.15) is 0 Å². The highest BCUT2D eigenvalue weighted by Gasteiger charge is 2.52. The largest absolute Gasteiger partial charge is 0.492 e. The second kappa shape index (κ2) is 11.5. The van der Waals surface area contributed by atoms with E-state index in [9.17, 15) is 18.0 Å². The van der Waals surface area contributed by atoms with Gasteiger partial charge in [-0.1, -0.05) is 0 Å². The number of aromatic nitrogens is 3. The van der Waals surface area contributed by atoms with Crippen LogP contribution in [0.4, 0.5) is 0 Å². The van der Waals surface area contributed by atoms with E-state index in [2.05, 4.69) is 20.5 Å². The smallest absolute Gasteiger partial charge is 0.265 e. The van der Waals surface area contributed by atoms with Crippen LogP contribution in [-0.2, 0) is 30.6 Å². The van der Waals surface area contributed by atoms with Crippen molar-refractivity contribution in [1.29, 1.82) is 0 Å². The van der Waals surface area contributed by atoms with Gasteiger partial charge in [0.15, 0.2) is 14.6 Å². The summed E-state index contributed by atoms with van der Waals surface area (Å²) in [4.78, 5) is 28.3. The first-order chi connectivity index (χ1) is 17.9. The van der Waals surface area contributed by atoms with Crippen molar-refractivity contribution in [2.24, 2.45) is 0 Å². The summed E-state index contributed by atoms with van der Waals surface area (Å²) in [6, 6.07) is 9.01. The Kier molecular flexibility index (Phi) is 8.11. The zero-order chi connectivity index (χ0) is 26.3. The van der Waals surface area contributed by atoms with E-state index >= 15 is 0 Å². The third-order valence-electron chi connectivity index (χ3n) is 5.86. The molecule has 1 fully saturated rings. The summed E-state index contributed by atoms with van der Waals surface area (Å²) in [5.41, 5.74) is 2.18. The van der Waals surface area contributed by atoms with Gasteiger partial charge < -0.3 is 19.2 Å². The van der Waals surface area contributed by atoms with E-state index in [1.165, 1.54) is 29.7 Å². The normalized spacial score (nSPS) is 15.1. The van der Waals surface area contributed by atoms with Crippen molar-refractivity contribution in [1.82, 2.24) is 26.0 Å². The highest BCUT2D eigenvalue weighted by Crippen LogP contribution is 2.35. The topological polar surface area (TPSA) is 183 Å². The van der Waals surface area contributed by atoms with Crippen LogP contribution in [0.15, 0.2) is 58.1 Å². The zero-order valence-corrected chi connectivity index (χ0v) is 20.4. The van der Waals surface area contributed by atoms with Crippen molar-refractivity contribution >= 4 is 21.7 Å². The Morgan fingerprint density at radius 3 is 2.43 bits per heavy atom. The molecule has 3 aromatic rings. The molecule has 3 N–H and O–H groups in total. The van der Waals surface area contributed by atoms with Gasteiger partial charge in [0.25, 0.3) is 5.91 Å². The number of hydrogen-bond acceptors (Lipinski definition) is 11. The van der Waals surface area contributed by atoms with Gasteiger partial charge in [0.05, 0.1) is 11.4 Å². The molecule has 2 amide bonds. The van der Waals surface area contributed by atoms with Crippen molar-refractivity contribution in [3.05, 3.63) is 54.7 Å². The molecule has 1 aromatic carbocycles. The number of hydroxylamine groups is 1. The van der Waals surface area contributed by atoms with Crippen molar-refractivity contribution < 1.29 is 37.1 Å². The lowest BCUT2D eigenvalue weighted by Crippen LogP contribution is -2.54. The van der Waals surface area contributed by atoms with E-state index in [0.717, 1.165) is 0 Å². The number of hydrogen-bond donors (Lipinski definition) is 3. The van der Waals surface area contributed by atoms with E-state index < -0.39 is 20.5 Å². The van der Waals surface area contributed by atoms with Gasteiger partial charge >= 0.3 is 0 Å². The fraction of sp³-hybridized carbons (Fsp3) is 0.348. The summed E-state index contributed by atoms with van der Waals surface area (Å²) in [5.74, 6) is -0.488. The van der Waals surface area contributed by atoms with Crippen LogP contribution >= 0.6 is 0 Å². The van der Waals surface area contributed by atoms with Gasteiger partial charge in [0.2, 0.25) is 17.7 Å². The highest BCUT2D eigenvalue weighted by molar-refractivity contribution is 7.93. The number of nitrogens with zero attached hydrogens (tertiary/aromatic N) is 3. The number of amides is 2. The van der Waals surface area contributed by atoms with Crippen LogP contribution in [0.3, 0.4) is 0 Å². The molecule has 0 spiro atoms. The second-order valence-electron chi connectivity index (χ2n) is 8.13. The van der Waals surface area contributed by atoms with Crippen LogP contribution in [0.25, 0.3) is 11.5 Å². The number of carbonyl (C=O) groups is 2. The van der Waals surface area contributed by atoms with Gasteiger partial charge in [-0.05, 0) is 49.2 Å². The molecule has 0 bridgehead atoms. The monoisotopic (exact) mass is 531 g/mol. The number of rotatable bonds is 10. The number of ether oxygens (including phenoxy) is 2. The second-order valence-corrected chi connectivity index (χ2v) is 10.4. The molecule has 2 aromatic heterocycles. The molecular weight excluding hydrogens is 506 g/mol. The Morgan fingerprint density at radius 2 is 1.76 bits per heavy atom. The van der Waals surface area contributed by atoms with Crippen LogP contribution in [-0.4, -0.2) is 71.7 Å². The molecule has 3 heterocycles. The summed E-state index contributed by atoms with van der Waals surface area (Å²) < 4.78 is 41.0. The number of benzene rings is 1. The Bertz CT molecular complexity index is 1320. The molecule has 0 aliphatic carbocycles. The minimum atomic E-state index is -4.12. The van der Waals surface area contributed by atoms with Crippen LogP contribution in [0.5, 0.6) is 5.75 Å². The lowest BCUT2D eigenvalue weighted by molar-refractivity contribution is -0.134. The standard InChI is InChI=1S/C23H25N5O8S/c29-19(15-20-26-27-21(36-20)16-5-9-24-10-6-16)25-11-14-35-17-1-3-18(4-2-17)37(32,33)23(22(30)28-31)7-12-34-13-8-23/h1-6,9-10,31H,7-8,11-15H2,(H,25,29)(H,28,30). The molecule has 4 rings (SSSR count). The van der Waals surface area contributed by atoms with Crippen molar-refractivity contribution in [3.63, 3.8) is 0 Å². The number of carbonyl (C=O) groups excluding carboxylic acids is 2. The first kappa shape index (κ1) is 26.2. The van der Waals surface area contributed by atoms with Crippen molar-refractivity contribution in [2.45, 2.75) is 28.9 Å². The summed E-state index contributed by atoms with van der Waals surface area (Å²) >= 11 is 0. The summed E-state index contributed by atoms with van der Waals surface area (Å²) in [6.07, 6.45) is 2.94. The molecule has 0 unspecified atom stereocenters. The molecule has 196 valence electrons. The zero-order valence-electron chi connectivity index (χ0n) is 19.6. The van der Waals surface area contributed by atoms with Crippen LogP contribution < -0.4 is 15.5 Å². The van der Waals surface area contributed by atoms with Crippen LogP contribution in [0.2, 0.25) is 0 Å². The molecule has 1 saturated heterocycles. The summed E-state index contributed by atoms with van der Waals surface area (Å²) in [5, 5.41) is 19.6. The van der Waals surface area contributed by atoms with Crippen LogP contribution in [0, 0.1) is 0 Å². The molecule has 0 saturated carbocycles. The lowest BCUT2D eigenvalue weighted by atomic mass is 9.98. The number of pyridine rings is 1. The molecule has 1 aliphatic heterocycles. The van der Waals surface area contributed by atoms with E-state index in [4.69, 9.17) is 19.1 Å². The van der Waals surface area contributed by atoms with Crippen molar-refractivity contribution in [3.8, 4) is 17.2 Å². The van der Waals surface area contributed by atoms with Gasteiger partial charge in [0.1, 0.15) is 18.8 Å². The molecule has 13 nitrogen and oxygen atoms in total. The van der Waals surface area contributed by atoms with Gasteiger partial charge in [-0.3, -0.25) is 19.8 Å². The SMILES string of the molecule is O=C(Cc1nnc(-c2ccncc2)o1)NCCOc1ccc(S(=O)(=O)C2(C(=O)NO)CCOCC2)cc1. The maximum absolute atomic E-state index is 13.3. The fourth-order valence-corrected chi connectivity index (χ4v) is 5.80. The summed E-state index contributed by atoms with van der Waals surface area (Å²) in [6.45, 7) is 0.470. The molecule has 0 atom stereocenters. The minimum absolute atomic E-state index is 0.0751. The van der Waals surface area contributed by atoms with Crippen LogP contribution in [0.1, 0.15) is 18.7 Å². The third-order valence-corrected chi connectivity index (χ3v) is 8.38. The quantitative estimate of drug-likeness (QED) is 0.190. The molecule has 14 heteroatoms. The Labute approximate surface area is 212 Å². The average Bonchev–Trinajstić information content (AvgIpc) is 3.40. The van der Waals surface area contributed by atoms with Gasteiger partial charge in [0, 0.05) is 31.2 Å². The van der Waals surface area contributed by atoms with E-state index in [1.807, 2.05) is 0 Å². The molecular formula is C23H25N5O8S. The van der Waals surface area contributed by atoms with Crippen molar-refractivity contribution in [2.75, 3.05) is 26.4 Å².